The fourth-order valence-electron chi connectivity index (χ4n) is 1.99. The molecular weight excluding hydrogens is 268 g/mol. The molecule has 2 rings (SSSR count). The molecule has 0 unspecified atom stereocenters. The number of carboxylic acid groups (broad SMARTS) is 1. The molecule has 0 radical (unpaired) electrons. The van der Waals surface area contributed by atoms with E-state index in [0.29, 0.717) is 31.7 Å². The first-order chi connectivity index (χ1) is 9.00. The molecule has 0 atom stereocenters. The summed E-state index contributed by atoms with van der Waals surface area (Å²) in [7, 11) is -3.46. The molecule has 1 saturated heterocycles. The van der Waals surface area contributed by atoms with Crippen LogP contribution in [0.5, 0.6) is 0 Å². The molecule has 1 heterocycles. The van der Waals surface area contributed by atoms with Gasteiger partial charge < -0.3 is 10.4 Å². The normalized spacial score (nSPS) is 17.3. The van der Waals surface area contributed by atoms with Gasteiger partial charge in [0.15, 0.2) is 0 Å². The number of hydrogen-bond donors (Lipinski definition) is 2. The van der Waals surface area contributed by atoms with Crippen LogP contribution in [0.2, 0.25) is 0 Å². The Morgan fingerprint density at radius 1 is 1.21 bits per heavy atom. The van der Waals surface area contributed by atoms with Gasteiger partial charge in [-0.2, -0.15) is 4.31 Å². The first kappa shape index (κ1) is 14.0. The van der Waals surface area contributed by atoms with Crippen molar-refractivity contribution in [3.63, 3.8) is 0 Å². The summed E-state index contributed by atoms with van der Waals surface area (Å²) in [6, 6.07) is 6.03. The number of carboxylic acids is 1. The number of piperazine rings is 1. The number of nitrogens with zero attached hydrogens (tertiary/aromatic N) is 1. The lowest BCUT2D eigenvalue weighted by atomic mass is 10.2. The fraction of sp³-hybridized carbons (Fsp3) is 0.417. The smallest absolute Gasteiger partial charge is 0.307 e. The van der Waals surface area contributed by atoms with Gasteiger partial charge in [-0.3, -0.25) is 4.79 Å². The average Bonchev–Trinajstić information content (AvgIpc) is 2.40. The summed E-state index contributed by atoms with van der Waals surface area (Å²) in [5.74, 6) is -0.933. The van der Waals surface area contributed by atoms with Crippen LogP contribution in [0.25, 0.3) is 0 Å². The predicted molar refractivity (Wildman–Crippen MR) is 69.4 cm³/mol. The van der Waals surface area contributed by atoms with Crippen LogP contribution >= 0.6 is 0 Å². The molecule has 104 valence electrons. The second-order valence-corrected chi connectivity index (χ2v) is 6.31. The van der Waals surface area contributed by atoms with E-state index >= 15 is 0 Å². The monoisotopic (exact) mass is 284 g/mol. The summed E-state index contributed by atoms with van der Waals surface area (Å²) in [4.78, 5) is 10.8. The Balaban J connectivity index is 2.18. The molecule has 0 amide bonds. The van der Waals surface area contributed by atoms with Crippen molar-refractivity contribution in [2.45, 2.75) is 11.3 Å². The van der Waals surface area contributed by atoms with E-state index in [-0.39, 0.29) is 11.3 Å². The van der Waals surface area contributed by atoms with Gasteiger partial charge in [0.05, 0.1) is 11.3 Å². The van der Waals surface area contributed by atoms with E-state index in [4.69, 9.17) is 5.11 Å². The SMILES string of the molecule is O=C(O)Cc1ccc(S(=O)(=O)N2CCNCC2)cc1. The fourth-order valence-corrected chi connectivity index (χ4v) is 3.43. The molecule has 1 fully saturated rings. The number of carbonyl (C=O) groups is 1. The molecule has 0 aliphatic carbocycles. The molecule has 0 bridgehead atoms. The summed E-state index contributed by atoms with van der Waals surface area (Å²) in [6.45, 7) is 2.21. The third kappa shape index (κ3) is 3.31. The number of sulfonamides is 1. The van der Waals surface area contributed by atoms with Gasteiger partial charge in [-0.25, -0.2) is 8.42 Å². The molecule has 2 N–H and O–H groups in total. The highest BCUT2D eigenvalue weighted by atomic mass is 32.2. The zero-order valence-corrected chi connectivity index (χ0v) is 11.2. The van der Waals surface area contributed by atoms with Gasteiger partial charge in [-0.1, -0.05) is 12.1 Å². The quantitative estimate of drug-likeness (QED) is 0.807. The van der Waals surface area contributed by atoms with E-state index in [1.807, 2.05) is 0 Å². The average molecular weight is 284 g/mol. The highest BCUT2D eigenvalue weighted by Gasteiger charge is 2.25. The summed E-state index contributed by atoms with van der Waals surface area (Å²) in [6.07, 6.45) is -0.103. The molecule has 1 aliphatic heterocycles. The minimum atomic E-state index is -3.46. The van der Waals surface area contributed by atoms with Gasteiger partial charge in [0.25, 0.3) is 0 Å². The number of hydrogen-bond acceptors (Lipinski definition) is 4. The van der Waals surface area contributed by atoms with Crippen molar-refractivity contribution in [3.05, 3.63) is 29.8 Å². The topological polar surface area (TPSA) is 86.7 Å². The van der Waals surface area contributed by atoms with Crippen molar-refractivity contribution in [2.24, 2.45) is 0 Å². The van der Waals surface area contributed by atoms with Gasteiger partial charge in [0, 0.05) is 26.2 Å². The number of aliphatic carboxylic acids is 1. The first-order valence-electron chi connectivity index (χ1n) is 6.02. The number of benzene rings is 1. The standard InChI is InChI=1S/C12H16N2O4S/c15-12(16)9-10-1-3-11(4-2-10)19(17,18)14-7-5-13-6-8-14/h1-4,13H,5-9H2,(H,15,16). The zero-order chi connectivity index (χ0) is 13.9. The van der Waals surface area contributed by atoms with Crippen molar-refractivity contribution < 1.29 is 18.3 Å². The highest BCUT2D eigenvalue weighted by Crippen LogP contribution is 2.17. The Kier molecular flexibility index (Phi) is 4.18. The minimum absolute atomic E-state index is 0.103. The van der Waals surface area contributed by atoms with Crippen LogP contribution in [0.3, 0.4) is 0 Å². The Hall–Kier alpha value is -1.44. The second kappa shape index (κ2) is 5.68. The van der Waals surface area contributed by atoms with Crippen molar-refractivity contribution >= 4 is 16.0 Å². The van der Waals surface area contributed by atoms with Crippen LogP contribution in [0, 0.1) is 0 Å². The molecule has 0 aromatic heterocycles. The highest BCUT2D eigenvalue weighted by molar-refractivity contribution is 7.89. The lowest BCUT2D eigenvalue weighted by molar-refractivity contribution is -0.136. The Labute approximate surface area is 112 Å². The minimum Gasteiger partial charge on any atom is -0.481 e. The van der Waals surface area contributed by atoms with Crippen LogP contribution in [-0.4, -0.2) is 50.0 Å². The maximum atomic E-state index is 12.3. The first-order valence-corrected chi connectivity index (χ1v) is 7.46. The van der Waals surface area contributed by atoms with Crippen LogP contribution in [0.4, 0.5) is 0 Å². The predicted octanol–water partition coefficient (Wildman–Crippen LogP) is -0.0924. The van der Waals surface area contributed by atoms with Gasteiger partial charge in [-0.15, -0.1) is 0 Å². The Bertz CT molecular complexity index is 548. The van der Waals surface area contributed by atoms with E-state index in [2.05, 4.69) is 5.32 Å². The third-order valence-electron chi connectivity index (χ3n) is 2.99. The Morgan fingerprint density at radius 2 is 1.79 bits per heavy atom. The molecule has 6 nitrogen and oxygen atoms in total. The second-order valence-electron chi connectivity index (χ2n) is 4.37. The lowest BCUT2D eigenvalue weighted by Gasteiger charge is -2.26. The van der Waals surface area contributed by atoms with E-state index in [1.54, 1.807) is 12.1 Å². The molecule has 1 aromatic rings. The molecular formula is C12H16N2O4S. The number of nitrogens with one attached hydrogen (secondary N) is 1. The van der Waals surface area contributed by atoms with Crippen molar-refractivity contribution in [2.75, 3.05) is 26.2 Å². The van der Waals surface area contributed by atoms with Crippen LogP contribution in [0.15, 0.2) is 29.2 Å². The van der Waals surface area contributed by atoms with Crippen LogP contribution in [-0.2, 0) is 21.2 Å². The maximum Gasteiger partial charge on any atom is 0.307 e. The van der Waals surface area contributed by atoms with Crippen molar-refractivity contribution in [3.8, 4) is 0 Å². The van der Waals surface area contributed by atoms with Gasteiger partial charge in [0.2, 0.25) is 10.0 Å². The summed E-state index contributed by atoms with van der Waals surface area (Å²) in [5, 5.41) is 11.8. The molecule has 0 spiro atoms. The third-order valence-corrected chi connectivity index (χ3v) is 4.91. The van der Waals surface area contributed by atoms with Gasteiger partial charge in [-0.05, 0) is 17.7 Å². The van der Waals surface area contributed by atoms with Crippen LogP contribution < -0.4 is 5.32 Å². The molecule has 19 heavy (non-hydrogen) atoms. The van der Waals surface area contributed by atoms with E-state index in [1.165, 1.54) is 16.4 Å². The lowest BCUT2D eigenvalue weighted by Crippen LogP contribution is -2.46. The molecule has 0 saturated carbocycles. The van der Waals surface area contributed by atoms with Crippen LogP contribution in [0.1, 0.15) is 5.56 Å². The molecule has 7 heteroatoms. The Morgan fingerprint density at radius 3 is 2.32 bits per heavy atom. The zero-order valence-electron chi connectivity index (χ0n) is 10.4. The summed E-state index contributed by atoms with van der Waals surface area (Å²) < 4.78 is 26.0. The molecule has 1 aliphatic rings. The largest absolute Gasteiger partial charge is 0.481 e. The van der Waals surface area contributed by atoms with Crippen molar-refractivity contribution in [1.29, 1.82) is 0 Å². The van der Waals surface area contributed by atoms with Gasteiger partial charge >= 0.3 is 5.97 Å². The van der Waals surface area contributed by atoms with E-state index < -0.39 is 16.0 Å². The van der Waals surface area contributed by atoms with E-state index in [9.17, 15) is 13.2 Å². The van der Waals surface area contributed by atoms with Crippen molar-refractivity contribution in [1.82, 2.24) is 9.62 Å². The van der Waals surface area contributed by atoms with Gasteiger partial charge in [0.1, 0.15) is 0 Å². The summed E-state index contributed by atoms with van der Waals surface area (Å²) in [5.41, 5.74) is 0.590. The maximum absolute atomic E-state index is 12.3. The molecule has 1 aromatic carbocycles. The number of rotatable bonds is 4. The summed E-state index contributed by atoms with van der Waals surface area (Å²) >= 11 is 0. The van der Waals surface area contributed by atoms with E-state index in [0.717, 1.165) is 0 Å².